The molecule has 4 aromatic rings. The van der Waals surface area contributed by atoms with E-state index in [4.69, 9.17) is 18.9 Å². The topological polar surface area (TPSA) is 86.3 Å². The first-order valence-corrected chi connectivity index (χ1v) is 12.6. The summed E-state index contributed by atoms with van der Waals surface area (Å²) in [4.78, 5) is 29.1. The number of para-hydroxylation sites is 3. The first-order valence-electron chi connectivity index (χ1n) is 12.6. The molecule has 0 saturated heterocycles. The van der Waals surface area contributed by atoms with Crippen LogP contribution in [0.1, 0.15) is 27.0 Å². The van der Waals surface area contributed by atoms with Gasteiger partial charge in [-0.05, 0) is 47.5 Å². The molecule has 1 N–H and O–H groups in total. The molecule has 0 aromatic heterocycles. The maximum Gasteiger partial charge on any atom is 0.255 e. The maximum atomic E-state index is 14.3. The van der Waals surface area contributed by atoms with Crippen molar-refractivity contribution in [2.45, 2.75) is 12.0 Å². The number of carbonyl (C=O) groups excluding carboxylic acids is 2. The lowest BCUT2D eigenvalue weighted by Gasteiger charge is -2.23. The van der Waals surface area contributed by atoms with E-state index in [1.54, 1.807) is 36.3 Å². The molecule has 0 saturated carbocycles. The summed E-state index contributed by atoms with van der Waals surface area (Å²) in [7, 11) is 1.56. The Bertz CT molecular complexity index is 1650. The number of benzene rings is 4. The van der Waals surface area contributed by atoms with Crippen molar-refractivity contribution in [2.24, 2.45) is 0 Å². The van der Waals surface area contributed by atoms with Crippen molar-refractivity contribution in [3.63, 3.8) is 0 Å². The molecule has 1 spiro atoms. The predicted octanol–water partition coefficient (Wildman–Crippen LogP) is 4.90. The largest absolute Gasteiger partial charge is 0.495 e. The van der Waals surface area contributed by atoms with E-state index in [9.17, 15) is 9.59 Å². The van der Waals surface area contributed by atoms with Gasteiger partial charge in [0.15, 0.2) is 11.5 Å². The minimum absolute atomic E-state index is 0.0785. The minimum atomic E-state index is -0.980. The number of carbonyl (C=O) groups is 2. The summed E-state index contributed by atoms with van der Waals surface area (Å²) >= 11 is 0. The molecule has 0 bridgehead atoms. The van der Waals surface area contributed by atoms with Crippen LogP contribution < -0.4 is 29.2 Å². The minimum Gasteiger partial charge on any atom is -0.495 e. The van der Waals surface area contributed by atoms with E-state index in [0.29, 0.717) is 40.8 Å². The van der Waals surface area contributed by atoms with Crippen LogP contribution in [-0.4, -0.2) is 32.3 Å². The van der Waals surface area contributed by atoms with Gasteiger partial charge in [0.2, 0.25) is 12.7 Å². The monoisotopic (exact) mass is 520 g/mol. The smallest absolute Gasteiger partial charge is 0.255 e. The van der Waals surface area contributed by atoms with E-state index in [0.717, 1.165) is 22.4 Å². The van der Waals surface area contributed by atoms with Gasteiger partial charge in [-0.25, -0.2) is 0 Å². The molecule has 3 aliphatic rings. The summed E-state index contributed by atoms with van der Waals surface area (Å²) in [5.41, 5.74) is 3.39. The number of hydrogen-bond donors (Lipinski definition) is 1. The zero-order valence-corrected chi connectivity index (χ0v) is 21.1. The van der Waals surface area contributed by atoms with Gasteiger partial charge in [0.05, 0.1) is 19.3 Å². The Balaban J connectivity index is 1.21. The molecule has 4 aromatic carbocycles. The van der Waals surface area contributed by atoms with Crippen LogP contribution in [0.2, 0.25) is 0 Å². The molecular formula is C31H24N2O6. The summed E-state index contributed by atoms with van der Waals surface area (Å²) in [6, 6.07) is 26.0. The van der Waals surface area contributed by atoms with Crippen LogP contribution in [0, 0.1) is 0 Å². The molecule has 1 unspecified atom stereocenters. The normalized spacial score (nSPS) is 18.1. The third-order valence-electron chi connectivity index (χ3n) is 7.53. The van der Waals surface area contributed by atoms with Gasteiger partial charge in [0.1, 0.15) is 23.5 Å². The van der Waals surface area contributed by atoms with Crippen molar-refractivity contribution >= 4 is 23.2 Å². The van der Waals surface area contributed by atoms with Gasteiger partial charge in [0.25, 0.3) is 5.91 Å². The highest BCUT2D eigenvalue weighted by Crippen LogP contribution is 2.55. The first-order chi connectivity index (χ1) is 19.1. The molecule has 8 nitrogen and oxygen atoms in total. The van der Waals surface area contributed by atoms with Crippen molar-refractivity contribution in [3.05, 3.63) is 107 Å². The summed E-state index contributed by atoms with van der Waals surface area (Å²) < 4.78 is 22.5. The van der Waals surface area contributed by atoms with Crippen molar-refractivity contribution in [1.29, 1.82) is 0 Å². The number of amides is 2. The van der Waals surface area contributed by atoms with Crippen LogP contribution in [0.3, 0.4) is 0 Å². The number of nitrogens with zero attached hydrogens (tertiary/aromatic N) is 1. The van der Waals surface area contributed by atoms with Crippen molar-refractivity contribution in [3.8, 4) is 23.0 Å². The van der Waals surface area contributed by atoms with Gasteiger partial charge in [0, 0.05) is 22.9 Å². The SMILES string of the molecule is COc1ccccc1NC(=O)c1cccc(CN2C(=O)C3(COc4cc5c(cc43)OCO5)c3ccccc32)c1. The Morgan fingerprint density at radius 1 is 0.897 bits per heavy atom. The number of fused-ring (bicyclic) bond motifs is 5. The Kier molecular flexibility index (Phi) is 5.23. The van der Waals surface area contributed by atoms with Crippen LogP contribution in [0.15, 0.2) is 84.9 Å². The molecule has 0 aliphatic carbocycles. The summed E-state index contributed by atoms with van der Waals surface area (Å²) in [6.07, 6.45) is 0. The fourth-order valence-corrected chi connectivity index (χ4v) is 5.66. The number of hydrogen-bond acceptors (Lipinski definition) is 6. The Morgan fingerprint density at radius 2 is 1.69 bits per heavy atom. The molecule has 2 amide bonds. The molecule has 0 fully saturated rings. The van der Waals surface area contributed by atoms with Gasteiger partial charge in [-0.15, -0.1) is 0 Å². The lowest BCUT2D eigenvalue weighted by Crippen LogP contribution is -2.42. The highest BCUT2D eigenvalue weighted by Gasteiger charge is 2.57. The fraction of sp³-hybridized carbons (Fsp3) is 0.161. The van der Waals surface area contributed by atoms with Gasteiger partial charge >= 0.3 is 0 Å². The summed E-state index contributed by atoms with van der Waals surface area (Å²) in [5, 5.41) is 2.91. The number of ether oxygens (including phenoxy) is 4. The average molecular weight is 521 g/mol. The lowest BCUT2D eigenvalue weighted by atomic mass is 9.77. The molecule has 0 radical (unpaired) electrons. The molecular weight excluding hydrogens is 496 g/mol. The highest BCUT2D eigenvalue weighted by molar-refractivity contribution is 6.11. The second-order valence-corrected chi connectivity index (χ2v) is 9.66. The van der Waals surface area contributed by atoms with Gasteiger partial charge in [-0.3, -0.25) is 9.59 Å². The van der Waals surface area contributed by atoms with E-state index in [1.165, 1.54) is 0 Å². The zero-order chi connectivity index (χ0) is 26.6. The highest BCUT2D eigenvalue weighted by atomic mass is 16.7. The quantitative estimate of drug-likeness (QED) is 0.403. The van der Waals surface area contributed by atoms with E-state index < -0.39 is 5.41 Å². The molecule has 3 heterocycles. The Morgan fingerprint density at radius 3 is 2.56 bits per heavy atom. The predicted molar refractivity (Wildman–Crippen MR) is 144 cm³/mol. The van der Waals surface area contributed by atoms with Crippen molar-refractivity contribution < 1.29 is 28.5 Å². The van der Waals surface area contributed by atoms with Gasteiger partial charge < -0.3 is 29.2 Å². The molecule has 7 rings (SSSR count). The van der Waals surface area contributed by atoms with E-state index in [-0.39, 0.29) is 25.2 Å². The molecule has 3 aliphatic heterocycles. The number of methoxy groups -OCH3 is 1. The Labute approximate surface area is 224 Å². The summed E-state index contributed by atoms with van der Waals surface area (Å²) in [6.45, 7) is 0.634. The fourth-order valence-electron chi connectivity index (χ4n) is 5.66. The molecule has 39 heavy (non-hydrogen) atoms. The lowest BCUT2D eigenvalue weighted by molar-refractivity contribution is -0.122. The van der Waals surface area contributed by atoms with Crippen molar-refractivity contribution in [2.75, 3.05) is 30.7 Å². The van der Waals surface area contributed by atoms with Crippen LogP contribution in [-0.2, 0) is 16.8 Å². The van der Waals surface area contributed by atoms with Gasteiger partial charge in [-0.2, -0.15) is 0 Å². The second-order valence-electron chi connectivity index (χ2n) is 9.66. The molecule has 1 atom stereocenters. The molecule has 194 valence electrons. The van der Waals surface area contributed by atoms with E-state index >= 15 is 0 Å². The van der Waals surface area contributed by atoms with Crippen LogP contribution in [0.25, 0.3) is 0 Å². The average Bonchev–Trinajstić information content (AvgIpc) is 3.65. The second kappa shape index (κ2) is 8.80. The number of rotatable bonds is 5. The molecule has 8 heteroatoms. The van der Waals surface area contributed by atoms with Crippen LogP contribution in [0.4, 0.5) is 11.4 Å². The zero-order valence-electron chi connectivity index (χ0n) is 21.1. The number of anilines is 2. The number of nitrogens with one attached hydrogen (secondary N) is 1. The van der Waals surface area contributed by atoms with Crippen LogP contribution >= 0.6 is 0 Å². The third-order valence-corrected chi connectivity index (χ3v) is 7.53. The standard InChI is InChI=1S/C31H24N2O6/c1-36-25-12-5-3-10-23(25)32-29(34)20-8-6-7-19(13-20)16-33-24-11-4-2-9-21(24)31(30(33)35)17-37-26-15-28-27(14-22(26)31)38-18-39-28/h2-15H,16-18H2,1H3,(H,32,34). The van der Waals surface area contributed by atoms with Crippen molar-refractivity contribution in [1.82, 2.24) is 0 Å². The van der Waals surface area contributed by atoms with Gasteiger partial charge in [-0.1, -0.05) is 42.5 Å². The summed E-state index contributed by atoms with van der Waals surface area (Å²) in [5.74, 6) is 2.08. The van der Waals surface area contributed by atoms with Crippen LogP contribution in [0.5, 0.6) is 23.0 Å². The van der Waals surface area contributed by atoms with E-state index in [1.807, 2.05) is 60.7 Å². The first kappa shape index (κ1) is 23.2. The Hall–Kier alpha value is -4.98. The third kappa shape index (κ3) is 3.52. The maximum absolute atomic E-state index is 14.3. The van der Waals surface area contributed by atoms with E-state index in [2.05, 4.69) is 5.32 Å².